The number of halogens is 4. The molecule has 3 rings (SSSR count). The van der Waals surface area contributed by atoms with Crippen LogP contribution in [0.3, 0.4) is 0 Å². The molecule has 5 nitrogen and oxygen atoms in total. The van der Waals surface area contributed by atoms with Crippen LogP contribution in [0.4, 0.5) is 13.2 Å². The van der Waals surface area contributed by atoms with Crippen molar-refractivity contribution in [3.63, 3.8) is 0 Å². The van der Waals surface area contributed by atoms with Gasteiger partial charge in [0.1, 0.15) is 5.52 Å². The van der Waals surface area contributed by atoms with Crippen LogP contribution in [0.25, 0.3) is 11.2 Å². The molecule has 0 bridgehead atoms. The van der Waals surface area contributed by atoms with Crippen LogP contribution in [0.1, 0.15) is 12.7 Å². The molecule has 0 fully saturated rings. The first-order valence-corrected chi connectivity index (χ1v) is 6.97. The van der Waals surface area contributed by atoms with E-state index in [4.69, 9.17) is 11.6 Å². The topological polar surface area (TPSA) is 57.0 Å². The second kappa shape index (κ2) is 7.31. The van der Waals surface area contributed by atoms with Crippen molar-refractivity contribution >= 4 is 28.7 Å². The van der Waals surface area contributed by atoms with Crippen molar-refractivity contribution in [1.82, 2.24) is 14.7 Å². The monoisotopic (exact) mass is 357 g/mol. The number of pyridine rings is 1. The third kappa shape index (κ3) is 4.45. The molecule has 1 aromatic carbocycles. The number of hydrogen-bond acceptors (Lipinski definition) is 4. The van der Waals surface area contributed by atoms with Crippen LogP contribution in [-0.4, -0.2) is 20.7 Å². The second-order valence-corrected chi connectivity index (χ2v) is 4.90. The van der Waals surface area contributed by atoms with Crippen LogP contribution in [0.15, 0.2) is 48.7 Å². The third-order valence-corrected chi connectivity index (χ3v) is 2.78. The number of fused-ring (bicyclic) bond motifs is 1. The predicted molar refractivity (Wildman–Crippen MR) is 81.2 cm³/mol. The summed E-state index contributed by atoms with van der Waals surface area (Å²) in [5.41, 5.74) is -0.349. The molecule has 0 amide bonds. The van der Waals surface area contributed by atoms with Gasteiger partial charge in [0.15, 0.2) is 5.65 Å². The van der Waals surface area contributed by atoms with Crippen LogP contribution in [0, 0.1) is 0 Å². The number of rotatable bonds is 1. The van der Waals surface area contributed by atoms with Gasteiger partial charge in [-0.15, -0.1) is 4.73 Å². The Balaban J connectivity index is 0.000000292. The van der Waals surface area contributed by atoms with Gasteiger partial charge in [-0.05, 0) is 6.07 Å². The number of nitrogens with zero attached hydrogens (tertiary/aromatic N) is 3. The van der Waals surface area contributed by atoms with Crippen molar-refractivity contribution in [3.05, 3.63) is 59.5 Å². The van der Waals surface area contributed by atoms with Crippen LogP contribution < -0.4 is 4.84 Å². The zero-order chi connectivity index (χ0) is 17.7. The highest BCUT2D eigenvalue weighted by atomic mass is 35.5. The van der Waals surface area contributed by atoms with E-state index in [9.17, 15) is 18.0 Å². The fourth-order valence-corrected chi connectivity index (χ4v) is 1.85. The Morgan fingerprint density at radius 3 is 2.17 bits per heavy atom. The van der Waals surface area contributed by atoms with Crippen molar-refractivity contribution in [1.29, 1.82) is 0 Å². The minimum atomic E-state index is -4.78. The molecule has 0 unspecified atom stereocenters. The van der Waals surface area contributed by atoms with Gasteiger partial charge in [-0.25, -0.2) is 14.8 Å². The maximum Gasteiger partial charge on any atom is 0.453 e. The number of alkyl halides is 3. The highest BCUT2D eigenvalue weighted by Crippen LogP contribution is 2.30. The Hall–Kier alpha value is -2.61. The van der Waals surface area contributed by atoms with Crippen molar-refractivity contribution in [2.45, 2.75) is 13.1 Å². The summed E-state index contributed by atoms with van der Waals surface area (Å²) in [6, 6.07) is 13.2. The summed E-state index contributed by atoms with van der Waals surface area (Å²) >= 11 is 5.63. The lowest BCUT2D eigenvalue weighted by molar-refractivity contribution is -0.161. The molecule has 9 heteroatoms. The van der Waals surface area contributed by atoms with E-state index >= 15 is 0 Å². The first-order chi connectivity index (χ1) is 11.3. The summed E-state index contributed by atoms with van der Waals surface area (Å²) in [6.45, 7) is 0.976. The van der Waals surface area contributed by atoms with Gasteiger partial charge in [-0.1, -0.05) is 48.0 Å². The summed E-state index contributed by atoms with van der Waals surface area (Å²) in [5, 5.41) is 0.101. The molecule has 0 radical (unpaired) electrons. The number of imidazole rings is 1. The summed E-state index contributed by atoms with van der Waals surface area (Å²) in [5.74, 6) is -2.29. The SMILES string of the molecule is CC(=O)On1c(C(F)(F)F)nc2ncc(Cl)cc21.c1ccccc1. The molecule has 0 aliphatic rings. The van der Waals surface area contributed by atoms with Gasteiger partial charge in [0, 0.05) is 13.1 Å². The van der Waals surface area contributed by atoms with E-state index in [0.717, 1.165) is 13.1 Å². The fraction of sp³-hybridized carbons (Fsp3) is 0.133. The maximum absolute atomic E-state index is 12.7. The van der Waals surface area contributed by atoms with Gasteiger partial charge in [0.25, 0.3) is 5.82 Å². The summed E-state index contributed by atoms with van der Waals surface area (Å²) in [4.78, 5) is 22.2. The second-order valence-electron chi connectivity index (χ2n) is 4.46. The molecule has 3 aromatic rings. The molecular formula is C15H11ClF3N3O2. The van der Waals surface area contributed by atoms with E-state index in [2.05, 4.69) is 14.8 Å². The van der Waals surface area contributed by atoms with E-state index in [1.54, 1.807) is 0 Å². The Bertz CT molecular complexity index is 808. The minimum Gasteiger partial charge on any atom is -0.335 e. The lowest BCUT2D eigenvalue weighted by Crippen LogP contribution is -2.23. The molecule has 24 heavy (non-hydrogen) atoms. The molecular weight excluding hydrogens is 347 g/mol. The van der Waals surface area contributed by atoms with Gasteiger partial charge < -0.3 is 4.84 Å². The standard InChI is InChI=1S/C9H5ClF3N3O2.C6H6/c1-4(17)18-16-6-2-5(10)3-14-7(6)15-8(16)9(11,12)13;1-2-4-6-5-3-1/h2-3H,1H3;1-6H. The number of benzene rings is 1. The first kappa shape index (κ1) is 17.7. The van der Waals surface area contributed by atoms with Crippen molar-refractivity contribution in [3.8, 4) is 0 Å². The summed E-state index contributed by atoms with van der Waals surface area (Å²) in [6.07, 6.45) is -3.63. The van der Waals surface area contributed by atoms with Gasteiger partial charge >= 0.3 is 12.1 Å². The van der Waals surface area contributed by atoms with Crippen molar-refractivity contribution < 1.29 is 22.8 Å². The predicted octanol–water partition coefficient (Wildman–Crippen LogP) is 3.77. The third-order valence-electron chi connectivity index (χ3n) is 2.58. The Kier molecular flexibility index (Phi) is 5.40. The zero-order valence-electron chi connectivity index (χ0n) is 12.3. The fourth-order valence-electron chi connectivity index (χ4n) is 1.70. The van der Waals surface area contributed by atoms with Gasteiger partial charge in [0.05, 0.1) is 5.02 Å². The average Bonchev–Trinajstić information content (AvgIpc) is 2.87. The van der Waals surface area contributed by atoms with Crippen molar-refractivity contribution in [2.24, 2.45) is 0 Å². The van der Waals surface area contributed by atoms with Gasteiger partial charge in [0.2, 0.25) is 0 Å². The van der Waals surface area contributed by atoms with E-state index < -0.39 is 18.0 Å². The van der Waals surface area contributed by atoms with Crippen molar-refractivity contribution in [2.75, 3.05) is 0 Å². The Morgan fingerprint density at radius 2 is 1.71 bits per heavy atom. The number of hydrogen-bond donors (Lipinski definition) is 0. The molecule has 0 saturated carbocycles. The Morgan fingerprint density at radius 1 is 1.17 bits per heavy atom. The molecule has 0 saturated heterocycles. The zero-order valence-corrected chi connectivity index (χ0v) is 13.0. The van der Waals surface area contributed by atoms with E-state index in [-0.39, 0.29) is 20.9 Å². The molecule has 126 valence electrons. The smallest absolute Gasteiger partial charge is 0.335 e. The largest absolute Gasteiger partial charge is 0.453 e. The molecule has 0 atom stereocenters. The molecule has 2 aromatic heterocycles. The van der Waals surface area contributed by atoms with Gasteiger partial charge in [-0.3, -0.25) is 0 Å². The maximum atomic E-state index is 12.7. The van der Waals surface area contributed by atoms with Crippen LogP contribution >= 0.6 is 11.6 Å². The average molecular weight is 358 g/mol. The highest BCUT2D eigenvalue weighted by molar-refractivity contribution is 6.31. The normalized spacial score (nSPS) is 10.9. The Labute approximate surface area is 139 Å². The van der Waals surface area contributed by atoms with Crippen LogP contribution in [0.5, 0.6) is 0 Å². The molecule has 0 N–H and O–H groups in total. The van der Waals surface area contributed by atoms with E-state index in [1.807, 2.05) is 36.4 Å². The van der Waals surface area contributed by atoms with Crippen LogP contribution in [0.2, 0.25) is 5.02 Å². The summed E-state index contributed by atoms with van der Waals surface area (Å²) in [7, 11) is 0. The lowest BCUT2D eigenvalue weighted by atomic mass is 10.4. The highest BCUT2D eigenvalue weighted by Gasteiger charge is 2.39. The minimum absolute atomic E-state index is 0.101. The first-order valence-electron chi connectivity index (χ1n) is 6.59. The van der Waals surface area contributed by atoms with Crippen LogP contribution in [-0.2, 0) is 11.0 Å². The van der Waals surface area contributed by atoms with E-state index in [1.165, 1.54) is 6.07 Å². The molecule has 0 spiro atoms. The summed E-state index contributed by atoms with van der Waals surface area (Å²) < 4.78 is 38.4. The number of carbonyl (C=O) groups excluding carboxylic acids is 1. The lowest BCUT2D eigenvalue weighted by Gasteiger charge is -2.09. The molecule has 0 aliphatic heterocycles. The quantitative estimate of drug-likeness (QED) is 0.665. The van der Waals surface area contributed by atoms with E-state index in [0.29, 0.717) is 0 Å². The molecule has 0 aliphatic carbocycles. The number of carbonyl (C=O) groups is 1. The van der Waals surface area contributed by atoms with Gasteiger partial charge in [-0.2, -0.15) is 13.2 Å². The number of aromatic nitrogens is 3. The molecule has 2 heterocycles.